The van der Waals surface area contributed by atoms with Gasteiger partial charge in [-0.2, -0.15) is 0 Å². The average Bonchev–Trinajstić information content (AvgIpc) is 2.16. The quantitative estimate of drug-likeness (QED) is 0.451. The van der Waals surface area contributed by atoms with E-state index < -0.39 is 0 Å². The lowest BCUT2D eigenvalue weighted by molar-refractivity contribution is 0.0329. The van der Waals surface area contributed by atoms with Crippen LogP contribution in [-0.2, 0) is 14.2 Å². The van der Waals surface area contributed by atoms with E-state index in [1.54, 1.807) is 6.11 Å². The first kappa shape index (κ1) is 12.1. The fourth-order valence-corrected chi connectivity index (χ4v) is 0.650. The predicted octanol–water partition coefficient (Wildman–Crippen LogP) is 0.737. The van der Waals surface area contributed by atoms with Crippen LogP contribution in [0.3, 0.4) is 0 Å². The Hall–Kier alpha value is -0.920. The van der Waals surface area contributed by atoms with Crippen LogP contribution in [0.2, 0.25) is 0 Å². The minimum Gasteiger partial charge on any atom is -0.460 e. The van der Waals surface area contributed by atoms with Gasteiger partial charge in [-0.3, -0.25) is 0 Å². The van der Waals surface area contributed by atoms with E-state index in [0.29, 0.717) is 26.4 Å². The first-order valence-corrected chi connectivity index (χ1v) is 4.33. The molecule has 0 fully saturated rings. The zero-order valence-corrected chi connectivity index (χ0v) is 7.91. The molecule has 0 bridgehead atoms. The third-order valence-electron chi connectivity index (χ3n) is 1.17. The van der Waals surface area contributed by atoms with E-state index in [1.807, 2.05) is 0 Å². The first-order chi connectivity index (χ1) is 6.41. The van der Waals surface area contributed by atoms with E-state index in [4.69, 9.17) is 14.6 Å². The number of hydrogen-bond acceptors (Lipinski definition) is 4. The van der Waals surface area contributed by atoms with Crippen LogP contribution in [0, 0.1) is 12.2 Å². The molecule has 76 valence electrons. The highest BCUT2D eigenvalue weighted by atomic mass is 16.5. The smallest absolute Gasteiger partial charge is 0.154 e. The molecule has 0 spiro atoms. The van der Waals surface area contributed by atoms with Gasteiger partial charge in [-0.15, -0.1) is 0 Å². The topological polar surface area (TPSA) is 47.9 Å². The van der Waals surface area contributed by atoms with Crippen LogP contribution in [0.4, 0.5) is 0 Å². The second kappa shape index (κ2) is 11.1. The summed E-state index contributed by atoms with van der Waals surface area (Å²) in [5.41, 5.74) is 0. The Kier molecular flexibility index (Phi) is 10.3. The summed E-state index contributed by atoms with van der Waals surface area (Å²) in [6, 6.07) is 0. The van der Waals surface area contributed by atoms with Gasteiger partial charge in [0.15, 0.2) is 12.2 Å². The van der Waals surface area contributed by atoms with Crippen LogP contribution in [0.1, 0.15) is 13.3 Å². The summed E-state index contributed by atoms with van der Waals surface area (Å²) >= 11 is 0. The summed E-state index contributed by atoms with van der Waals surface area (Å²) in [5.74, 6) is 0. The van der Waals surface area contributed by atoms with Gasteiger partial charge in [-0.05, 0) is 6.42 Å². The Morgan fingerprint density at radius 2 is 1.62 bits per heavy atom. The summed E-state index contributed by atoms with van der Waals surface area (Å²) in [5, 5.41) is 8.02. The maximum Gasteiger partial charge on any atom is 0.154 e. The van der Waals surface area contributed by atoms with Crippen molar-refractivity contribution in [2.75, 3.05) is 33.0 Å². The van der Waals surface area contributed by atoms with E-state index in [0.717, 1.165) is 13.0 Å². The molecule has 0 rings (SSSR count). The molecule has 0 atom stereocenters. The average molecular weight is 188 g/mol. The lowest BCUT2D eigenvalue weighted by atomic mass is 10.5. The van der Waals surface area contributed by atoms with Crippen molar-refractivity contribution in [3.8, 4) is 12.2 Å². The molecular formula is C9H16O4. The molecule has 0 saturated carbocycles. The molecule has 0 aromatic rings. The molecule has 1 N–H and O–H groups in total. The summed E-state index contributed by atoms with van der Waals surface area (Å²) in [7, 11) is 0. The first-order valence-electron chi connectivity index (χ1n) is 4.33. The lowest BCUT2D eigenvalue weighted by Crippen LogP contribution is -2.08. The van der Waals surface area contributed by atoms with E-state index in [9.17, 15) is 0 Å². The van der Waals surface area contributed by atoms with Crippen molar-refractivity contribution < 1.29 is 19.3 Å². The number of hydrogen-bond donors (Lipinski definition) is 1. The number of aliphatic hydroxyl groups is 1. The third kappa shape index (κ3) is 11.1. The van der Waals surface area contributed by atoms with E-state index in [-0.39, 0.29) is 0 Å². The number of aliphatic hydroxyl groups excluding tert-OH is 1. The summed E-state index contributed by atoms with van der Waals surface area (Å²) in [6.07, 6.45) is 4.71. The molecule has 0 aliphatic rings. The summed E-state index contributed by atoms with van der Waals surface area (Å²) in [6.45, 7) is 4.83. The Bertz CT molecular complexity index is 147. The fraction of sp³-hybridized carbons (Fsp3) is 0.778. The van der Waals surface area contributed by atoms with Crippen LogP contribution in [-0.4, -0.2) is 38.1 Å². The molecule has 13 heavy (non-hydrogen) atoms. The van der Waals surface area contributed by atoms with E-state index >= 15 is 0 Å². The molecule has 0 radical (unpaired) electrons. The van der Waals surface area contributed by atoms with Gasteiger partial charge in [0.2, 0.25) is 0 Å². The molecule has 0 aromatic carbocycles. The Morgan fingerprint density at radius 3 is 2.23 bits per heavy atom. The maximum absolute atomic E-state index is 8.02. The normalized spacial score (nSPS) is 9.00. The van der Waals surface area contributed by atoms with E-state index in [2.05, 4.69) is 17.8 Å². The molecule has 4 heteroatoms. The Labute approximate surface area is 78.8 Å². The highest BCUT2D eigenvalue weighted by Gasteiger charge is 1.88. The summed E-state index contributed by atoms with van der Waals surface area (Å²) < 4.78 is 14.9. The van der Waals surface area contributed by atoms with Gasteiger partial charge in [0.1, 0.15) is 6.61 Å². The molecule has 0 aliphatic carbocycles. The Morgan fingerprint density at radius 1 is 1.00 bits per heavy atom. The molecule has 0 aliphatic heterocycles. The molecule has 0 saturated heterocycles. The van der Waals surface area contributed by atoms with Gasteiger partial charge in [0.25, 0.3) is 0 Å². The second-order valence-corrected chi connectivity index (χ2v) is 2.29. The highest BCUT2D eigenvalue weighted by molar-refractivity contribution is 4.76. The van der Waals surface area contributed by atoms with Crippen molar-refractivity contribution in [3.63, 3.8) is 0 Å². The zero-order valence-electron chi connectivity index (χ0n) is 7.91. The molecule has 4 nitrogen and oxygen atoms in total. The zero-order chi connectivity index (χ0) is 9.78. The van der Waals surface area contributed by atoms with Gasteiger partial charge in [-0.1, -0.05) is 6.92 Å². The van der Waals surface area contributed by atoms with Crippen molar-refractivity contribution in [2.45, 2.75) is 13.3 Å². The van der Waals surface area contributed by atoms with Crippen molar-refractivity contribution in [3.05, 3.63) is 0 Å². The third-order valence-corrected chi connectivity index (χ3v) is 1.17. The number of ether oxygens (including phenoxy) is 3. The maximum atomic E-state index is 8.02. The SMILES string of the molecule is CCCOCCOCCOC#CO. The Balaban J connectivity index is 2.86. The van der Waals surface area contributed by atoms with Gasteiger partial charge in [0, 0.05) is 6.61 Å². The summed E-state index contributed by atoms with van der Waals surface area (Å²) in [4.78, 5) is 0. The van der Waals surface area contributed by atoms with Crippen LogP contribution >= 0.6 is 0 Å². The van der Waals surface area contributed by atoms with Crippen molar-refractivity contribution in [1.29, 1.82) is 0 Å². The molecule has 0 aromatic heterocycles. The fourth-order valence-electron chi connectivity index (χ4n) is 0.650. The van der Waals surface area contributed by atoms with Crippen LogP contribution in [0.25, 0.3) is 0 Å². The monoisotopic (exact) mass is 188 g/mol. The van der Waals surface area contributed by atoms with Crippen molar-refractivity contribution >= 4 is 0 Å². The standard InChI is InChI=1S/C9H16O4/c1-2-4-11-6-8-13-9-7-12-5-3-10/h10H,2,4,6-9H2,1H3. The van der Waals surface area contributed by atoms with Gasteiger partial charge in [0.05, 0.1) is 19.8 Å². The predicted molar refractivity (Wildman–Crippen MR) is 47.6 cm³/mol. The van der Waals surface area contributed by atoms with Crippen molar-refractivity contribution in [2.24, 2.45) is 0 Å². The second-order valence-electron chi connectivity index (χ2n) is 2.29. The van der Waals surface area contributed by atoms with Crippen LogP contribution in [0.15, 0.2) is 0 Å². The minimum absolute atomic E-state index is 0.362. The largest absolute Gasteiger partial charge is 0.460 e. The molecule has 0 heterocycles. The van der Waals surface area contributed by atoms with E-state index in [1.165, 1.54) is 0 Å². The molecular weight excluding hydrogens is 172 g/mol. The molecule has 0 amide bonds. The molecule has 0 unspecified atom stereocenters. The van der Waals surface area contributed by atoms with Gasteiger partial charge < -0.3 is 19.3 Å². The number of rotatable bonds is 8. The van der Waals surface area contributed by atoms with Crippen LogP contribution < -0.4 is 0 Å². The highest BCUT2D eigenvalue weighted by Crippen LogP contribution is 1.82. The van der Waals surface area contributed by atoms with Gasteiger partial charge in [-0.25, -0.2) is 0 Å². The van der Waals surface area contributed by atoms with Crippen molar-refractivity contribution in [1.82, 2.24) is 0 Å². The lowest BCUT2D eigenvalue weighted by Gasteiger charge is -2.03. The minimum atomic E-state index is 0.362. The van der Waals surface area contributed by atoms with Gasteiger partial charge >= 0.3 is 0 Å². The van der Waals surface area contributed by atoms with Crippen LogP contribution in [0.5, 0.6) is 0 Å².